The molecule has 1 aromatic carbocycles. The predicted molar refractivity (Wildman–Crippen MR) is 84.2 cm³/mol. The van der Waals surface area contributed by atoms with Gasteiger partial charge in [-0.25, -0.2) is 0 Å². The molecule has 0 heterocycles. The minimum absolute atomic E-state index is 0.136. The van der Waals surface area contributed by atoms with Gasteiger partial charge in [0.2, 0.25) is 0 Å². The summed E-state index contributed by atoms with van der Waals surface area (Å²) in [5, 5.41) is 0. The molecular weight excluding hydrogens is 232 g/mol. The molecule has 0 aliphatic rings. The molecule has 0 N–H and O–H groups in total. The van der Waals surface area contributed by atoms with E-state index in [4.69, 9.17) is 4.74 Å². The van der Waals surface area contributed by atoms with Crippen LogP contribution in [0.1, 0.15) is 73.4 Å². The van der Waals surface area contributed by atoms with Crippen molar-refractivity contribution < 1.29 is 4.74 Å². The summed E-state index contributed by atoms with van der Waals surface area (Å²) < 4.78 is 6.07. The first-order valence-electron chi connectivity index (χ1n) is 7.14. The van der Waals surface area contributed by atoms with Crippen molar-refractivity contribution in [1.29, 1.82) is 0 Å². The van der Waals surface area contributed by atoms with Gasteiger partial charge in [0, 0.05) is 0 Å². The van der Waals surface area contributed by atoms with Crippen LogP contribution in [0.5, 0.6) is 5.75 Å². The molecule has 1 nitrogen and oxygen atoms in total. The molecule has 0 saturated carbocycles. The molecule has 1 aromatic rings. The molecule has 0 atom stereocenters. The molecule has 0 aromatic heterocycles. The van der Waals surface area contributed by atoms with Crippen molar-refractivity contribution in [2.24, 2.45) is 0 Å². The van der Waals surface area contributed by atoms with Crippen molar-refractivity contribution >= 4 is 0 Å². The third kappa shape index (κ3) is 4.89. The lowest BCUT2D eigenvalue weighted by Gasteiger charge is -2.28. The van der Waals surface area contributed by atoms with E-state index in [1.807, 2.05) is 0 Å². The normalized spacial score (nSPS) is 13.5. The Morgan fingerprint density at radius 2 is 1.00 bits per heavy atom. The number of hydrogen-bond acceptors (Lipinski definition) is 1. The van der Waals surface area contributed by atoms with Crippen LogP contribution in [0.4, 0.5) is 0 Å². The highest BCUT2D eigenvalue weighted by molar-refractivity contribution is 5.40. The average molecular weight is 262 g/mol. The number of benzene rings is 1. The van der Waals surface area contributed by atoms with Gasteiger partial charge in [-0.15, -0.1) is 0 Å². The van der Waals surface area contributed by atoms with Crippen LogP contribution in [0.15, 0.2) is 18.2 Å². The Kier molecular flexibility index (Phi) is 4.10. The highest BCUT2D eigenvalue weighted by Gasteiger charge is 2.22. The van der Waals surface area contributed by atoms with Crippen molar-refractivity contribution in [1.82, 2.24) is 0 Å². The van der Waals surface area contributed by atoms with Gasteiger partial charge in [0.15, 0.2) is 0 Å². The molecule has 0 radical (unpaired) electrons. The summed E-state index contributed by atoms with van der Waals surface area (Å²) in [6.45, 7) is 19.7. The first-order chi connectivity index (χ1) is 8.29. The van der Waals surface area contributed by atoms with Gasteiger partial charge in [-0.3, -0.25) is 0 Å². The molecule has 0 aliphatic heterocycles. The Morgan fingerprint density at radius 3 is 1.26 bits per heavy atom. The maximum Gasteiger partial charge on any atom is 0.120 e. The molecule has 1 heteroatoms. The standard InChI is InChI=1S/C18H30O/c1-16(2,3)13-10-14(17(4,5)6)12-15(11-13)19-18(7,8)9/h10-12H,1-9H3. The number of rotatable bonds is 1. The van der Waals surface area contributed by atoms with E-state index in [-0.39, 0.29) is 16.4 Å². The van der Waals surface area contributed by atoms with Crippen LogP contribution in [-0.4, -0.2) is 5.60 Å². The van der Waals surface area contributed by atoms with Crippen LogP contribution in [0.2, 0.25) is 0 Å². The second-order valence-corrected chi connectivity index (χ2v) is 8.46. The topological polar surface area (TPSA) is 9.23 Å². The average Bonchev–Trinajstić information content (AvgIpc) is 2.11. The second kappa shape index (κ2) is 4.85. The molecule has 0 saturated heterocycles. The lowest BCUT2D eigenvalue weighted by Crippen LogP contribution is -2.24. The smallest absolute Gasteiger partial charge is 0.120 e. The van der Waals surface area contributed by atoms with Gasteiger partial charge in [0.1, 0.15) is 11.4 Å². The summed E-state index contributed by atoms with van der Waals surface area (Å²) in [7, 11) is 0. The molecule has 0 aliphatic carbocycles. The molecule has 108 valence electrons. The molecule has 0 amide bonds. The van der Waals surface area contributed by atoms with Crippen molar-refractivity contribution in [3.63, 3.8) is 0 Å². The Hall–Kier alpha value is -0.980. The van der Waals surface area contributed by atoms with E-state index < -0.39 is 0 Å². The van der Waals surface area contributed by atoms with Crippen LogP contribution >= 0.6 is 0 Å². The first-order valence-corrected chi connectivity index (χ1v) is 7.14. The van der Waals surface area contributed by atoms with Crippen LogP contribution in [-0.2, 0) is 10.8 Å². The lowest BCUT2D eigenvalue weighted by atomic mass is 9.80. The van der Waals surface area contributed by atoms with Crippen molar-refractivity contribution in [2.75, 3.05) is 0 Å². The van der Waals surface area contributed by atoms with Gasteiger partial charge in [-0.05, 0) is 54.9 Å². The van der Waals surface area contributed by atoms with E-state index in [2.05, 4.69) is 80.5 Å². The molecule has 0 spiro atoms. The molecule has 0 bridgehead atoms. The minimum atomic E-state index is -0.161. The molecule has 19 heavy (non-hydrogen) atoms. The van der Waals surface area contributed by atoms with E-state index in [0.717, 1.165) is 5.75 Å². The number of ether oxygens (including phenoxy) is 1. The van der Waals surface area contributed by atoms with E-state index in [0.29, 0.717) is 0 Å². The van der Waals surface area contributed by atoms with E-state index in [9.17, 15) is 0 Å². The van der Waals surface area contributed by atoms with Gasteiger partial charge in [0.05, 0.1) is 0 Å². The first kappa shape index (κ1) is 16.1. The highest BCUT2D eigenvalue weighted by Crippen LogP contribution is 2.33. The quantitative estimate of drug-likeness (QED) is 0.653. The van der Waals surface area contributed by atoms with Crippen molar-refractivity contribution in [2.45, 2.75) is 78.7 Å². The van der Waals surface area contributed by atoms with Gasteiger partial charge in [0.25, 0.3) is 0 Å². The fourth-order valence-corrected chi connectivity index (χ4v) is 1.88. The maximum atomic E-state index is 6.07. The second-order valence-electron chi connectivity index (χ2n) is 8.46. The molecular formula is C18H30O. The monoisotopic (exact) mass is 262 g/mol. The van der Waals surface area contributed by atoms with Crippen molar-refractivity contribution in [3.05, 3.63) is 29.3 Å². The van der Waals surface area contributed by atoms with Gasteiger partial charge >= 0.3 is 0 Å². The molecule has 0 fully saturated rings. The number of hydrogen-bond donors (Lipinski definition) is 0. The summed E-state index contributed by atoms with van der Waals surface area (Å²) in [4.78, 5) is 0. The SMILES string of the molecule is CC(C)(C)Oc1cc(C(C)(C)C)cc(C(C)(C)C)c1. The summed E-state index contributed by atoms with van der Waals surface area (Å²) in [6.07, 6.45) is 0. The lowest BCUT2D eigenvalue weighted by molar-refractivity contribution is 0.130. The highest BCUT2D eigenvalue weighted by atomic mass is 16.5. The summed E-state index contributed by atoms with van der Waals surface area (Å²) in [6, 6.07) is 6.68. The van der Waals surface area contributed by atoms with E-state index in [1.54, 1.807) is 0 Å². The Labute approximate surface area is 119 Å². The third-order valence-electron chi connectivity index (χ3n) is 3.06. The van der Waals surface area contributed by atoms with Crippen LogP contribution in [0, 0.1) is 0 Å². The predicted octanol–water partition coefficient (Wildman–Crippen LogP) is 5.46. The van der Waals surface area contributed by atoms with Crippen LogP contribution in [0.25, 0.3) is 0 Å². The van der Waals surface area contributed by atoms with Gasteiger partial charge < -0.3 is 4.74 Å². The summed E-state index contributed by atoms with van der Waals surface area (Å²) >= 11 is 0. The third-order valence-corrected chi connectivity index (χ3v) is 3.06. The van der Waals surface area contributed by atoms with E-state index >= 15 is 0 Å². The Balaban J connectivity index is 3.33. The fourth-order valence-electron chi connectivity index (χ4n) is 1.88. The zero-order valence-corrected chi connectivity index (χ0v) is 14.1. The Morgan fingerprint density at radius 1 is 0.632 bits per heavy atom. The summed E-state index contributed by atoms with van der Waals surface area (Å²) in [5.74, 6) is 0.977. The summed E-state index contributed by atoms with van der Waals surface area (Å²) in [5.41, 5.74) is 2.78. The molecule has 0 unspecified atom stereocenters. The molecule has 1 rings (SSSR count). The maximum absolute atomic E-state index is 6.07. The van der Waals surface area contributed by atoms with Crippen molar-refractivity contribution in [3.8, 4) is 5.75 Å². The zero-order valence-electron chi connectivity index (χ0n) is 14.1. The Bertz CT molecular complexity index is 404. The van der Waals surface area contributed by atoms with Crippen LogP contribution < -0.4 is 4.74 Å². The minimum Gasteiger partial charge on any atom is -0.488 e. The largest absolute Gasteiger partial charge is 0.488 e. The van der Waals surface area contributed by atoms with Gasteiger partial charge in [-0.2, -0.15) is 0 Å². The van der Waals surface area contributed by atoms with E-state index in [1.165, 1.54) is 11.1 Å². The van der Waals surface area contributed by atoms with Crippen LogP contribution in [0.3, 0.4) is 0 Å². The fraction of sp³-hybridized carbons (Fsp3) is 0.667. The zero-order chi connectivity index (χ0) is 15.1. The van der Waals surface area contributed by atoms with Gasteiger partial charge in [-0.1, -0.05) is 47.6 Å².